The molecule has 50 valence electrons. The molecule has 0 atom stereocenters. The predicted octanol–water partition coefficient (Wildman–Crippen LogP) is 1.00. The Morgan fingerprint density at radius 2 is 2.50 bits per heavy atom. The average molecular weight is 136 g/mol. The van der Waals surface area contributed by atoms with E-state index in [1.807, 2.05) is 0 Å². The smallest absolute Gasteiger partial charge is 0.218 e. The number of nitrogens with two attached hydrogens (primary N) is 1. The third-order valence-corrected chi connectivity index (χ3v) is 0.799. The highest BCUT2D eigenvalue weighted by Gasteiger charge is 1.89. The highest BCUT2D eigenvalue weighted by molar-refractivity contribution is 5.30. The van der Waals surface area contributed by atoms with Gasteiger partial charge in [-0.25, -0.2) is 9.97 Å². The highest BCUT2D eigenvalue weighted by atomic mass is 15.2. The zero-order valence-corrected chi connectivity index (χ0v) is 4.97. The molecule has 10 heavy (non-hydrogen) atoms. The molecule has 0 radical (unpaired) electrons. The van der Waals surface area contributed by atoms with Crippen LogP contribution in [-0.2, 0) is 0 Å². The Morgan fingerprint density at radius 3 is 3.10 bits per heavy atom. The van der Waals surface area contributed by atoms with E-state index in [-0.39, 0.29) is 11.8 Å². The average Bonchev–Trinajstić information content (AvgIpc) is 1.88. The summed E-state index contributed by atoms with van der Waals surface area (Å²) in [4.78, 5) is 9.72. The van der Waals surface area contributed by atoms with Crippen LogP contribution in [-0.4, -0.2) is 9.97 Å². The summed E-state index contributed by atoms with van der Waals surface area (Å²) in [6, 6.07) is 1.51. The Morgan fingerprint density at radius 1 is 1.70 bits per heavy atom. The van der Waals surface area contributed by atoms with Crippen LogP contribution in [0.25, 0.3) is 10.4 Å². The van der Waals surface area contributed by atoms with E-state index in [4.69, 9.17) is 11.3 Å². The van der Waals surface area contributed by atoms with Crippen molar-refractivity contribution < 1.29 is 0 Å². The molecule has 1 heterocycles. The van der Waals surface area contributed by atoms with Gasteiger partial charge in [0, 0.05) is 11.1 Å². The molecule has 6 heteroatoms. The topological polar surface area (TPSA) is 101 Å². The summed E-state index contributed by atoms with van der Waals surface area (Å²) in [5.74, 6) is 0.333. The molecule has 0 spiro atoms. The van der Waals surface area contributed by atoms with Crippen LogP contribution in [0.5, 0.6) is 0 Å². The second-order valence-electron chi connectivity index (χ2n) is 1.47. The first-order chi connectivity index (χ1) is 4.83. The van der Waals surface area contributed by atoms with Crippen LogP contribution in [0, 0.1) is 0 Å². The quantitative estimate of drug-likeness (QED) is 0.354. The third kappa shape index (κ3) is 1.33. The molecule has 1 rings (SSSR count). The number of rotatable bonds is 1. The molecule has 6 nitrogen and oxygen atoms in total. The van der Waals surface area contributed by atoms with E-state index in [0.717, 1.165) is 0 Å². The van der Waals surface area contributed by atoms with E-state index < -0.39 is 0 Å². The molecule has 0 aromatic carbocycles. The number of aromatic nitrogens is 2. The Kier molecular flexibility index (Phi) is 1.67. The molecule has 0 fully saturated rings. The van der Waals surface area contributed by atoms with Crippen molar-refractivity contribution in [1.82, 2.24) is 9.97 Å². The van der Waals surface area contributed by atoms with Crippen LogP contribution >= 0.6 is 0 Å². The molecule has 1 aromatic rings. The zero-order valence-electron chi connectivity index (χ0n) is 4.97. The predicted molar refractivity (Wildman–Crippen MR) is 35.3 cm³/mol. The lowest BCUT2D eigenvalue weighted by Crippen LogP contribution is -1.89. The summed E-state index contributed by atoms with van der Waals surface area (Å²) in [6.45, 7) is 0. The first-order valence-corrected chi connectivity index (χ1v) is 2.46. The second kappa shape index (κ2) is 2.65. The van der Waals surface area contributed by atoms with Crippen LogP contribution in [0.1, 0.15) is 0 Å². The van der Waals surface area contributed by atoms with Crippen LogP contribution in [0.15, 0.2) is 17.4 Å². The van der Waals surface area contributed by atoms with Crippen molar-refractivity contribution in [3.8, 4) is 0 Å². The van der Waals surface area contributed by atoms with Gasteiger partial charge in [-0.05, 0) is 16.7 Å². The molecule has 0 saturated heterocycles. The normalized spacial score (nSPS) is 8.40. The second-order valence-corrected chi connectivity index (χ2v) is 1.47. The largest absolute Gasteiger partial charge is 0.384 e. The number of anilines is 1. The number of nitrogens with zero attached hydrogens (tertiary/aromatic N) is 5. The Bertz CT molecular complexity index is 275. The summed E-state index contributed by atoms with van der Waals surface area (Å²) < 4.78 is 0. The van der Waals surface area contributed by atoms with Gasteiger partial charge in [-0.15, -0.1) is 0 Å². The van der Waals surface area contributed by atoms with Crippen molar-refractivity contribution in [2.75, 3.05) is 5.73 Å². The molecule has 0 aliphatic heterocycles. The Labute approximate surface area is 56.3 Å². The molecule has 0 saturated carbocycles. The van der Waals surface area contributed by atoms with Crippen molar-refractivity contribution in [3.05, 3.63) is 22.7 Å². The molecular weight excluding hydrogens is 132 g/mol. The number of azide groups is 1. The summed E-state index contributed by atoms with van der Waals surface area (Å²) in [5, 5.41) is 3.15. The SMILES string of the molecule is [N-]=[N+]=Nc1nccc(N)n1. The fourth-order valence-corrected chi connectivity index (χ4v) is 0.450. The van der Waals surface area contributed by atoms with Gasteiger partial charge < -0.3 is 5.73 Å². The molecule has 0 amide bonds. The van der Waals surface area contributed by atoms with Crippen molar-refractivity contribution in [1.29, 1.82) is 0 Å². The summed E-state index contributed by atoms with van der Waals surface area (Å²) in [7, 11) is 0. The van der Waals surface area contributed by atoms with E-state index in [1.54, 1.807) is 0 Å². The zero-order chi connectivity index (χ0) is 7.40. The standard InChI is InChI=1S/C4H4N6/c5-3-1-2-7-4(8-3)9-10-6/h1-2H,(H2,5,7,8). The highest BCUT2D eigenvalue weighted by Crippen LogP contribution is 2.03. The van der Waals surface area contributed by atoms with Crippen molar-refractivity contribution >= 4 is 11.8 Å². The van der Waals surface area contributed by atoms with E-state index in [1.165, 1.54) is 12.3 Å². The minimum absolute atomic E-state index is 0.0440. The monoisotopic (exact) mass is 136 g/mol. The van der Waals surface area contributed by atoms with Gasteiger partial charge in [0.15, 0.2) is 0 Å². The molecule has 0 aliphatic carbocycles. The number of hydrogen-bond donors (Lipinski definition) is 1. The Balaban J connectivity index is 3.06. The van der Waals surface area contributed by atoms with E-state index in [9.17, 15) is 0 Å². The molecule has 0 bridgehead atoms. The first-order valence-electron chi connectivity index (χ1n) is 2.46. The minimum atomic E-state index is 0.0440. The maximum atomic E-state index is 7.95. The summed E-state index contributed by atoms with van der Waals surface area (Å²) in [6.07, 6.45) is 1.42. The van der Waals surface area contributed by atoms with Crippen molar-refractivity contribution in [2.45, 2.75) is 0 Å². The summed E-state index contributed by atoms with van der Waals surface area (Å²) in [5.41, 5.74) is 13.2. The minimum Gasteiger partial charge on any atom is -0.384 e. The van der Waals surface area contributed by atoms with Crippen LogP contribution in [0.3, 0.4) is 0 Å². The molecular formula is C4H4N6. The van der Waals surface area contributed by atoms with Gasteiger partial charge in [0.1, 0.15) is 5.82 Å². The number of nitrogen functional groups attached to an aromatic ring is 1. The fourth-order valence-electron chi connectivity index (χ4n) is 0.450. The van der Waals surface area contributed by atoms with Gasteiger partial charge in [-0.1, -0.05) is 0 Å². The third-order valence-electron chi connectivity index (χ3n) is 0.799. The lowest BCUT2D eigenvalue weighted by molar-refractivity contribution is 1.13. The van der Waals surface area contributed by atoms with Crippen molar-refractivity contribution in [2.24, 2.45) is 5.11 Å². The van der Waals surface area contributed by atoms with E-state index >= 15 is 0 Å². The maximum absolute atomic E-state index is 7.95. The van der Waals surface area contributed by atoms with Gasteiger partial charge in [-0.2, -0.15) is 0 Å². The lowest BCUT2D eigenvalue weighted by Gasteiger charge is -1.89. The van der Waals surface area contributed by atoms with Crippen LogP contribution in [0.4, 0.5) is 11.8 Å². The lowest BCUT2D eigenvalue weighted by atomic mass is 10.6. The first kappa shape index (κ1) is 6.31. The number of hydrogen-bond acceptors (Lipinski definition) is 4. The van der Waals surface area contributed by atoms with Gasteiger partial charge >= 0.3 is 0 Å². The molecule has 0 aliphatic rings. The fraction of sp³-hybridized carbons (Fsp3) is 0. The molecule has 1 aromatic heterocycles. The van der Waals surface area contributed by atoms with Crippen molar-refractivity contribution in [3.63, 3.8) is 0 Å². The van der Waals surface area contributed by atoms with Gasteiger partial charge in [-0.3, -0.25) is 0 Å². The van der Waals surface area contributed by atoms with Gasteiger partial charge in [0.05, 0.1) is 0 Å². The van der Waals surface area contributed by atoms with Crippen LogP contribution < -0.4 is 5.73 Å². The summed E-state index contributed by atoms with van der Waals surface area (Å²) >= 11 is 0. The van der Waals surface area contributed by atoms with E-state index in [2.05, 4.69) is 20.0 Å². The molecule has 0 unspecified atom stereocenters. The van der Waals surface area contributed by atoms with E-state index in [0.29, 0.717) is 0 Å². The van der Waals surface area contributed by atoms with Crippen LogP contribution in [0.2, 0.25) is 0 Å². The van der Waals surface area contributed by atoms with Gasteiger partial charge in [0.2, 0.25) is 5.95 Å². The maximum Gasteiger partial charge on any atom is 0.218 e. The van der Waals surface area contributed by atoms with Gasteiger partial charge in [0.25, 0.3) is 0 Å². The Hall–Kier alpha value is -1.81. The molecule has 2 N–H and O–H groups in total.